The number of nitrogen functional groups attached to an aromatic ring is 1. The van der Waals surface area contributed by atoms with Crippen LogP contribution in [0, 0.1) is 0 Å². The van der Waals surface area contributed by atoms with Crippen LogP contribution in [-0.2, 0) is 20.7 Å². The minimum Gasteiger partial charge on any atom is -0.445 e. The summed E-state index contributed by atoms with van der Waals surface area (Å²) in [6.07, 6.45) is 1.17. The molecule has 0 saturated carbocycles. The number of ether oxygens (including phenoxy) is 1. The summed E-state index contributed by atoms with van der Waals surface area (Å²) in [7, 11) is -0.695. The van der Waals surface area contributed by atoms with Crippen molar-refractivity contribution in [2.24, 2.45) is 0 Å². The lowest BCUT2D eigenvalue weighted by Crippen LogP contribution is -2.41. The summed E-state index contributed by atoms with van der Waals surface area (Å²) >= 11 is 6.03. The Kier molecular flexibility index (Phi) is 6.94. The summed E-state index contributed by atoms with van der Waals surface area (Å²) in [5.74, 6) is 0. The molecule has 9 heteroatoms. The van der Waals surface area contributed by atoms with E-state index in [4.69, 9.17) is 31.4 Å². The number of hydrogen-bond acceptors (Lipinski definition) is 6. The van der Waals surface area contributed by atoms with Crippen molar-refractivity contribution in [1.29, 1.82) is 0 Å². The minimum atomic E-state index is -0.695. The molecule has 2 aromatic rings. The first-order chi connectivity index (χ1) is 14.6. The number of amides is 1. The van der Waals surface area contributed by atoms with E-state index in [2.05, 4.69) is 10.3 Å². The predicted octanol–water partition coefficient (Wildman–Crippen LogP) is 4.26. The highest BCUT2D eigenvalue weighted by molar-refractivity contribution is 6.56. The molecular weight excluding hydrogens is 417 g/mol. The van der Waals surface area contributed by atoms with E-state index in [0.717, 1.165) is 5.56 Å². The Morgan fingerprint density at radius 3 is 2.45 bits per heavy atom. The number of halogens is 1. The van der Waals surface area contributed by atoms with Crippen LogP contribution in [0.2, 0.25) is 5.15 Å². The second kappa shape index (κ2) is 9.30. The average molecular weight is 444 g/mol. The third kappa shape index (κ3) is 5.78. The summed E-state index contributed by atoms with van der Waals surface area (Å²) in [5, 5.41) is 3.06. The van der Waals surface area contributed by atoms with Gasteiger partial charge in [0.1, 0.15) is 11.8 Å². The second-order valence-corrected chi connectivity index (χ2v) is 8.72. The van der Waals surface area contributed by atoms with Crippen molar-refractivity contribution in [3.8, 4) is 0 Å². The number of nitrogens with two attached hydrogens (primary N) is 1. The van der Waals surface area contributed by atoms with Crippen LogP contribution in [0.5, 0.6) is 0 Å². The second-order valence-electron chi connectivity index (χ2n) is 8.33. The number of rotatable bonds is 6. The molecule has 0 bridgehead atoms. The molecule has 2 heterocycles. The van der Waals surface area contributed by atoms with Crippen LogP contribution in [-0.4, -0.2) is 35.9 Å². The van der Waals surface area contributed by atoms with Gasteiger partial charge in [0, 0.05) is 6.54 Å². The van der Waals surface area contributed by atoms with E-state index in [9.17, 15) is 4.79 Å². The van der Waals surface area contributed by atoms with Gasteiger partial charge in [-0.25, -0.2) is 9.78 Å². The Morgan fingerprint density at radius 1 is 1.16 bits per heavy atom. The van der Waals surface area contributed by atoms with Gasteiger partial charge in [-0.05, 0) is 56.9 Å². The Labute approximate surface area is 188 Å². The van der Waals surface area contributed by atoms with E-state index in [-0.39, 0.29) is 13.2 Å². The number of benzene rings is 1. The summed E-state index contributed by atoms with van der Waals surface area (Å²) < 4.78 is 17.6. The quantitative estimate of drug-likeness (QED) is 0.511. The lowest BCUT2D eigenvalue weighted by Gasteiger charge is -2.32. The molecule has 3 rings (SSSR count). The standard InChI is InChI=1S/C22H27BClN3O4/c1-21(2)22(3,4)31-23(30-21)16(12-18-17(25)10-11-19(24)27-18)13-26-20(28)29-14-15-8-6-5-7-9-15/h5-12H,13-14,25H2,1-4H3,(H,26,28). The topological polar surface area (TPSA) is 95.7 Å². The number of pyridine rings is 1. The number of carbonyl (C=O) groups is 1. The van der Waals surface area contributed by atoms with Crippen LogP contribution >= 0.6 is 11.6 Å². The molecule has 1 aliphatic heterocycles. The highest BCUT2D eigenvalue weighted by Crippen LogP contribution is 2.38. The monoisotopic (exact) mass is 443 g/mol. The van der Waals surface area contributed by atoms with E-state index in [0.29, 0.717) is 22.0 Å². The van der Waals surface area contributed by atoms with Crippen LogP contribution in [0.25, 0.3) is 6.08 Å². The molecule has 1 amide bonds. The minimum absolute atomic E-state index is 0.123. The summed E-state index contributed by atoms with van der Waals surface area (Å²) in [4.78, 5) is 16.5. The van der Waals surface area contributed by atoms with Crippen molar-refractivity contribution in [3.05, 3.63) is 64.3 Å². The van der Waals surface area contributed by atoms with Gasteiger partial charge >= 0.3 is 13.2 Å². The third-order valence-electron chi connectivity index (χ3n) is 5.45. The van der Waals surface area contributed by atoms with E-state index in [1.165, 1.54) is 0 Å². The normalized spacial score (nSPS) is 17.5. The zero-order chi connectivity index (χ0) is 22.6. The maximum atomic E-state index is 12.3. The first-order valence-electron chi connectivity index (χ1n) is 10.00. The number of carbonyl (C=O) groups excluding carboxylic acids is 1. The lowest BCUT2D eigenvalue weighted by molar-refractivity contribution is 0.00578. The largest absolute Gasteiger partial charge is 0.492 e. The van der Waals surface area contributed by atoms with E-state index >= 15 is 0 Å². The van der Waals surface area contributed by atoms with Gasteiger partial charge in [-0.2, -0.15) is 0 Å². The highest BCUT2D eigenvalue weighted by Gasteiger charge is 2.52. The SMILES string of the molecule is CC1(C)OB(C(=Cc2nc(Cl)ccc2N)CNC(=O)OCc2ccccc2)OC1(C)C. The molecule has 0 unspecified atom stereocenters. The molecule has 0 aliphatic carbocycles. The van der Waals surface area contributed by atoms with Gasteiger partial charge in [0.2, 0.25) is 0 Å². The van der Waals surface area contributed by atoms with Crippen molar-refractivity contribution in [1.82, 2.24) is 10.3 Å². The molecule has 1 aromatic heterocycles. The van der Waals surface area contributed by atoms with Crippen LogP contribution in [0.4, 0.5) is 10.5 Å². The first-order valence-corrected chi connectivity index (χ1v) is 10.4. The Morgan fingerprint density at radius 2 is 1.81 bits per heavy atom. The van der Waals surface area contributed by atoms with Crippen molar-refractivity contribution in [2.45, 2.75) is 45.5 Å². The van der Waals surface area contributed by atoms with Gasteiger partial charge in [-0.3, -0.25) is 0 Å². The van der Waals surface area contributed by atoms with E-state index in [1.807, 2.05) is 58.0 Å². The number of anilines is 1. The molecule has 31 heavy (non-hydrogen) atoms. The maximum Gasteiger partial charge on any atom is 0.492 e. The van der Waals surface area contributed by atoms with E-state index < -0.39 is 24.4 Å². The smallest absolute Gasteiger partial charge is 0.445 e. The van der Waals surface area contributed by atoms with Gasteiger partial charge < -0.3 is 25.1 Å². The molecule has 1 saturated heterocycles. The van der Waals surface area contributed by atoms with Gasteiger partial charge in [-0.15, -0.1) is 0 Å². The fraction of sp³-hybridized carbons (Fsp3) is 0.364. The molecule has 1 aromatic carbocycles. The number of nitrogens with zero attached hydrogens (tertiary/aromatic N) is 1. The predicted molar refractivity (Wildman–Crippen MR) is 122 cm³/mol. The van der Waals surface area contributed by atoms with Gasteiger partial charge in [0.05, 0.1) is 22.6 Å². The lowest BCUT2D eigenvalue weighted by atomic mass is 9.77. The first kappa shape index (κ1) is 23.1. The molecule has 164 valence electrons. The molecular formula is C22H27BClN3O4. The molecule has 7 nitrogen and oxygen atoms in total. The van der Waals surface area contributed by atoms with Crippen molar-refractivity contribution < 1.29 is 18.8 Å². The fourth-order valence-corrected chi connectivity index (χ4v) is 3.05. The van der Waals surface area contributed by atoms with Crippen LogP contribution in [0.1, 0.15) is 39.0 Å². The molecule has 0 spiro atoms. The summed E-state index contributed by atoms with van der Waals surface area (Å²) in [5.41, 5.74) is 7.42. The summed E-state index contributed by atoms with van der Waals surface area (Å²) in [6.45, 7) is 8.12. The Bertz CT molecular complexity index is 950. The number of nitrogens with one attached hydrogen (secondary N) is 1. The maximum absolute atomic E-state index is 12.3. The summed E-state index contributed by atoms with van der Waals surface area (Å²) in [6, 6.07) is 12.7. The zero-order valence-electron chi connectivity index (χ0n) is 18.1. The molecule has 1 aliphatic rings. The van der Waals surface area contributed by atoms with Gasteiger partial charge in [-0.1, -0.05) is 41.9 Å². The van der Waals surface area contributed by atoms with Gasteiger partial charge in [0.25, 0.3) is 0 Å². The molecule has 3 N–H and O–H groups in total. The molecule has 0 atom stereocenters. The molecule has 0 radical (unpaired) electrons. The Hall–Kier alpha value is -2.55. The number of hydrogen-bond donors (Lipinski definition) is 2. The van der Waals surface area contributed by atoms with Gasteiger partial charge in [0.15, 0.2) is 0 Å². The van der Waals surface area contributed by atoms with E-state index in [1.54, 1.807) is 18.2 Å². The highest BCUT2D eigenvalue weighted by atomic mass is 35.5. The fourth-order valence-electron chi connectivity index (χ4n) is 2.90. The van der Waals surface area contributed by atoms with Crippen molar-refractivity contribution in [3.63, 3.8) is 0 Å². The van der Waals surface area contributed by atoms with Crippen molar-refractivity contribution >= 4 is 36.6 Å². The average Bonchev–Trinajstić information content (AvgIpc) is 2.94. The third-order valence-corrected chi connectivity index (χ3v) is 5.66. The van der Waals surface area contributed by atoms with Crippen LogP contribution in [0.15, 0.2) is 47.9 Å². The zero-order valence-corrected chi connectivity index (χ0v) is 18.9. The molecule has 1 fully saturated rings. The van der Waals surface area contributed by atoms with Crippen LogP contribution < -0.4 is 11.1 Å². The van der Waals surface area contributed by atoms with Crippen LogP contribution in [0.3, 0.4) is 0 Å². The number of alkyl carbamates (subject to hydrolysis) is 1. The van der Waals surface area contributed by atoms with Crippen molar-refractivity contribution in [2.75, 3.05) is 12.3 Å². The Balaban J connectivity index is 1.75. The number of aromatic nitrogens is 1.